The molecule has 23 heavy (non-hydrogen) atoms. The Morgan fingerprint density at radius 1 is 1.17 bits per heavy atom. The first kappa shape index (κ1) is 17.3. The number of ether oxygens (including phenoxy) is 1. The van der Waals surface area contributed by atoms with Gasteiger partial charge in [-0.25, -0.2) is 13.4 Å². The summed E-state index contributed by atoms with van der Waals surface area (Å²) in [6.45, 7) is 8.31. The molecular formula is C17H22N2O3S. The van der Waals surface area contributed by atoms with Crippen LogP contribution in [0.5, 0.6) is 5.75 Å². The van der Waals surface area contributed by atoms with E-state index in [0.717, 1.165) is 5.56 Å². The maximum Gasteiger partial charge on any atom is 0.266 e. The monoisotopic (exact) mass is 334 g/mol. The normalized spacial score (nSPS) is 12.0. The molecule has 0 saturated carbocycles. The molecule has 0 saturated heterocycles. The molecule has 2 aromatic rings. The number of rotatable bonds is 5. The van der Waals surface area contributed by atoms with Crippen LogP contribution < -0.4 is 9.46 Å². The number of nitrogens with one attached hydrogen (secondary N) is 1. The Bertz CT molecular complexity index is 766. The molecule has 0 aliphatic carbocycles. The highest BCUT2D eigenvalue weighted by Crippen LogP contribution is 2.31. The highest BCUT2D eigenvalue weighted by molar-refractivity contribution is 7.92. The molecule has 0 amide bonds. The Kier molecular flexibility index (Phi) is 4.94. The molecule has 1 aromatic heterocycles. The van der Waals surface area contributed by atoms with Gasteiger partial charge in [0.25, 0.3) is 10.0 Å². The fourth-order valence-corrected chi connectivity index (χ4v) is 3.26. The van der Waals surface area contributed by atoms with E-state index in [1.54, 1.807) is 30.3 Å². The minimum Gasteiger partial charge on any atom is -0.492 e. The Hall–Kier alpha value is -2.08. The maximum absolute atomic E-state index is 12.7. The van der Waals surface area contributed by atoms with Crippen LogP contribution in [-0.4, -0.2) is 20.0 Å². The molecule has 5 nitrogen and oxygen atoms in total. The largest absolute Gasteiger partial charge is 0.492 e. The van der Waals surface area contributed by atoms with Gasteiger partial charge in [-0.3, -0.25) is 4.72 Å². The SMILES string of the molecule is CCOc1ccc(C(C)(C)C)cc1S(=O)(=O)Nc1ccccn1. The molecule has 6 heteroatoms. The molecule has 0 radical (unpaired) electrons. The van der Waals surface area contributed by atoms with E-state index in [4.69, 9.17) is 4.74 Å². The zero-order chi connectivity index (χ0) is 17.1. The third kappa shape index (κ3) is 4.22. The van der Waals surface area contributed by atoms with Gasteiger partial charge in [-0.15, -0.1) is 0 Å². The van der Waals surface area contributed by atoms with E-state index in [1.807, 2.05) is 33.8 Å². The molecule has 0 aliphatic heterocycles. The van der Waals surface area contributed by atoms with Crippen molar-refractivity contribution in [2.45, 2.75) is 38.0 Å². The molecular weight excluding hydrogens is 312 g/mol. The second kappa shape index (κ2) is 6.58. The highest BCUT2D eigenvalue weighted by atomic mass is 32.2. The van der Waals surface area contributed by atoms with Crippen molar-refractivity contribution in [3.05, 3.63) is 48.2 Å². The zero-order valence-electron chi connectivity index (χ0n) is 13.8. The highest BCUT2D eigenvalue weighted by Gasteiger charge is 2.24. The fraction of sp³-hybridized carbons (Fsp3) is 0.353. The van der Waals surface area contributed by atoms with Gasteiger partial charge in [0.15, 0.2) is 0 Å². The van der Waals surface area contributed by atoms with Crippen LogP contribution in [0.1, 0.15) is 33.3 Å². The van der Waals surface area contributed by atoms with Crippen molar-refractivity contribution in [1.29, 1.82) is 0 Å². The molecule has 0 fully saturated rings. The number of nitrogens with zero attached hydrogens (tertiary/aromatic N) is 1. The van der Waals surface area contributed by atoms with Crippen LogP contribution in [0.15, 0.2) is 47.5 Å². The summed E-state index contributed by atoms with van der Waals surface area (Å²) < 4.78 is 33.5. The smallest absolute Gasteiger partial charge is 0.266 e. The average Bonchev–Trinajstić information content (AvgIpc) is 2.47. The molecule has 2 rings (SSSR count). The van der Waals surface area contributed by atoms with E-state index in [1.165, 1.54) is 6.20 Å². The van der Waals surface area contributed by atoms with Crippen molar-refractivity contribution in [2.75, 3.05) is 11.3 Å². The first-order chi connectivity index (χ1) is 10.7. The van der Waals surface area contributed by atoms with E-state index in [0.29, 0.717) is 12.4 Å². The summed E-state index contributed by atoms with van der Waals surface area (Å²) in [4.78, 5) is 4.13. The van der Waals surface area contributed by atoms with Gasteiger partial charge in [0.05, 0.1) is 6.61 Å². The standard InChI is InChI=1S/C17H22N2O3S/c1-5-22-14-10-9-13(17(2,3)4)12-15(14)23(20,21)19-16-8-6-7-11-18-16/h6-12H,5H2,1-4H3,(H,18,19). The second-order valence-corrected chi connectivity index (χ2v) is 7.82. The van der Waals surface area contributed by atoms with Crippen molar-refractivity contribution in [2.24, 2.45) is 0 Å². The van der Waals surface area contributed by atoms with Gasteiger partial charge in [-0.1, -0.05) is 32.9 Å². The molecule has 1 heterocycles. The van der Waals surface area contributed by atoms with Crippen LogP contribution >= 0.6 is 0 Å². The minimum atomic E-state index is -3.79. The number of hydrogen-bond acceptors (Lipinski definition) is 4. The quantitative estimate of drug-likeness (QED) is 0.907. The maximum atomic E-state index is 12.7. The predicted molar refractivity (Wildman–Crippen MR) is 91.4 cm³/mol. The summed E-state index contributed by atoms with van der Waals surface area (Å²) in [6.07, 6.45) is 1.53. The van der Waals surface area contributed by atoms with Crippen molar-refractivity contribution >= 4 is 15.8 Å². The molecule has 124 valence electrons. The summed E-state index contributed by atoms with van der Waals surface area (Å²) in [5, 5.41) is 0. The van der Waals surface area contributed by atoms with Gasteiger partial charge < -0.3 is 4.74 Å². The van der Waals surface area contributed by atoms with Crippen molar-refractivity contribution in [3.63, 3.8) is 0 Å². The van der Waals surface area contributed by atoms with Crippen LogP contribution in [0.3, 0.4) is 0 Å². The van der Waals surface area contributed by atoms with E-state index in [2.05, 4.69) is 9.71 Å². The lowest BCUT2D eigenvalue weighted by molar-refractivity contribution is 0.331. The first-order valence-corrected chi connectivity index (χ1v) is 8.93. The number of anilines is 1. The van der Waals surface area contributed by atoms with Crippen LogP contribution in [-0.2, 0) is 15.4 Å². The lowest BCUT2D eigenvalue weighted by Crippen LogP contribution is -2.18. The Morgan fingerprint density at radius 2 is 1.91 bits per heavy atom. The van der Waals surface area contributed by atoms with Gasteiger partial charge in [0.2, 0.25) is 0 Å². The van der Waals surface area contributed by atoms with E-state index in [-0.39, 0.29) is 16.1 Å². The van der Waals surface area contributed by atoms with Crippen molar-refractivity contribution < 1.29 is 13.2 Å². The van der Waals surface area contributed by atoms with Crippen molar-refractivity contribution in [1.82, 2.24) is 4.98 Å². The molecule has 0 spiro atoms. The summed E-state index contributed by atoms with van der Waals surface area (Å²) >= 11 is 0. The Balaban J connectivity index is 2.50. The van der Waals surface area contributed by atoms with Gasteiger partial charge in [0, 0.05) is 6.20 Å². The number of aromatic nitrogens is 1. The van der Waals surface area contributed by atoms with Gasteiger partial charge in [0.1, 0.15) is 16.5 Å². The number of pyridine rings is 1. The molecule has 0 bridgehead atoms. The molecule has 0 aliphatic rings. The van der Waals surface area contributed by atoms with Gasteiger partial charge in [-0.05, 0) is 42.2 Å². The van der Waals surface area contributed by atoms with E-state index >= 15 is 0 Å². The fourth-order valence-electron chi connectivity index (χ4n) is 2.08. The predicted octanol–water partition coefficient (Wildman–Crippen LogP) is 3.58. The van der Waals surface area contributed by atoms with Crippen LogP contribution in [0.25, 0.3) is 0 Å². The number of sulfonamides is 1. The summed E-state index contributed by atoms with van der Waals surface area (Å²) in [7, 11) is -3.79. The molecule has 0 atom stereocenters. The summed E-state index contributed by atoms with van der Waals surface area (Å²) in [5.41, 5.74) is 0.752. The Morgan fingerprint density at radius 3 is 2.48 bits per heavy atom. The lowest BCUT2D eigenvalue weighted by atomic mass is 9.87. The van der Waals surface area contributed by atoms with E-state index < -0.39 is 10.0 Å². The topological polar surface area (TPSA) is 68.3 Å². The van der Waals surface area contributed by atoms with Crippen LogP contribution in [0.2, 0.25) is 0 Å². The van der Waals surface area contributed by atoms with Gasteiger partial charge >= 0.3 is 0 Å². The van der Waals surface area contributed by atoms with Crippen LogP contribution in [0.4, 0.5) is 5.82 Å². The summed E-state index contributed by atoms with van der Waals surface area (Å²) in [5.74, 6) is 0.611. The lowest BCUT2D eigenvalue weighted by Gasteiger charge is -2.21. The molecule has 0 unspecified atom stereocenters. The number of benzene rings is 1. The van der Waals surface area contributed by atoms with E-state index in [9.17, 15) is 8.42 Å². The summed E-state index contributed by atoms with van der Waals surface area (Å²) in [6, 6.07) is 10.3. The molecule has 1 N–H and O–H groups in total. The first-order valence-electron chi connectivity index (χ1n) is 7.45. The number of hydrogen-bond donors (Lipinski definition) is 1. The Labute approximate surface area is 137 Å². The molecule has 1 aromatic carbocycles. The van der Waals surface area contributed by atoms with Crippen molar-refractivity contribution in [3.8, 4) is 5.75 Å². The van der Waals surface area contributed by atoms with Crippen LogP contribution in [0, 0.1) is 0 Å². The second-order valence-electron chi connectivity index (χ2n) is 6.17. The zero-order valence-corrected chi connectivity index (χ0v) is 14.6. The average molecular weight is 334 g/mol. The minimum absolute atomic E-state index is 0.123. The van der Waals surface area contributed by atoms with Gasteiger partial charge in [-0.2, -0.15) is 0 Å². The third-order valence-electron chi connectivity index (χ3n) is 3.30. The third-order valence-corrected chi connectivity index (χ3v) is 4.68.